The van der Waals surface area contributed by atoms with Crippen molar-refractivity contribution >= 4 is 44.8 Å². The van der Waals surface area contributed by atoms with Crippen LogP contribution in [0.1, 0.15) is 61.1 Å². The van der Waals surface area contributed by atoms with Crippen LogP contribution in [0.3, 0.4) is 0 Å². The minimum absolute atomic E-state index is 0.0866. The number of nitro groups is 1. The Bertz CT molecular complexity index is 1650. The summed E-state index contributed by atoms with van der Waals surface area (Å²) in [6.45, 7) is 6.82. The van der Waals surface area contributed by atoms with Gasteiger partial charge in [-0.25, -0.2) is 4.98 Å². The van der Waals surface area contributed by atoms with E-state index in [1.807, 2.05) is 13.8 Å². The first-order chi connectivity index (χ1) is 16.6. The lowest BCUT2D eigenvalue weighted by atomic mass is 9.97. The molecule has 1 aliphatic heterocycles. The van der Waals surface area contributed by atoms with Crippen LogP contribution in [-0.2, 0) is 0 Å². The summed E-state index contributed by atoms with van der Waals surface area (Å²) in [5.41, 5.74) is 2.40. The molecule has 1 amide bonds. The number of aryl methyl sites for hydroxylation is 3. The fourth-order valence-electron chi connectivity index (χ4n) is 4.36. The molecular weight excluding hydrogens is 470 g/mol. The number of anilines is 1. The highest BCUT2D eigenvalue weighted by molar-refractivity contribution is 7.17. The number of aromatic nitrogens is 1. The Morgan fingerprint density at radius 3 is 2.51 bits per heavy atom. The zero-order valence-corrected chi connectivity index (χ0v) is 20.1. The molecule has 5 rings (SSSR count). The number of hydrogen-bond donors (Lipinski definition) is 0. The molecule has 1 atom stereocenters. The van der Waals surface area contributed by atoms with Crippen LogP contribution >= 0.6 is 11.3 Å². The maximum Gasteiger partial charge on any atom is 0.297 e. The van der Waals surface area contributed by atoms with Crippen LogP contribution in [-0.4, -0.2) is 21.6 Å². The number of rotatable bonds is 4. The molecule has 0 bridgehead atoms. The summed E-state index contributed by atoms with van der Waals surface area (Å²) < 4.78 is 5.98. The van der Waals surface area contributed by atoms with E-state index in [0.717, 1.165) is 22.5 Å². The number of ketones is 1. The van der Waals surface area contributed by atoms with Gasteiger partial charge < -0.3 is 4.42 Å². The van der Waals surface area contributed by atoms with Gasteiger partial charge in [0.1, 0.15) is 5.58 Å². The first kappa shape index (κ1) is 22.6. The average Bonchev–Trinajstić information content (AvgIpc) is 3.33. The summed E-state index contributed by atoms with van der Waals surface area (Å²) in [4.78, 5) is 56.5. The Balaban J connectivity index is 1.83. The van der Waals surface area contributed by atoms with Gasteiger partial charge >= 0.3 is 0 Å². The maximum atomic E-state index is 13.7. The highest BCUT2D eigenvalue weighted by Gasteiger charge is 2.45. The topological polar surface area (TPSA) is 124 Å². The molecule has 35 heavy (non-hydrogen) atoms. The van der Waals surface area contributed by atoms with Gasteiger partial charge in [0.2, 0.25) is 5.76 Å². The molecular formula is C25H19N3O6S. The van der Waals surface area contributed by atoms with E-state index in [1.165, 1.54) is 30.0 Å². The lowest BCUT2D eigenvalue weighted by Gasteiger charge is -2.22. The summed E-state index contributed by atoms with van der Waals surface area (Å²) in [6.07, 6.45) is 0. The van der Waals surface area contributed by atoms with Gasteiger partial charge in [-0.3, -0.25) is 29.4 Å². The first-order valence-electron chi connectivity index (χ1n) is 10.7. The van der Waals surface area contributed by atoms with Gasteiger partial charge in [-0.1, -0.05) is 23.5 Å². The number of nitro benzene ring substituents is 1. The monoisotopic (exact) mass is 489 g/mol. The zero-order valence-electron chi connectivity index (χ0n) is 19.2. The number of Topliss-reactive ketones (excluding diaryl/α,β-unsaturated/α-hetero) is 1. The Hall–Kier alpha value is -4.18. The molecule has 10 heteroatoms. The highest BCUT2D eigenvalue weighted by atomic mass is 32.1. The number of non-ortho nitro benzene ring substituents is 1. The zero-order chi connectivity index (χ0) is 25.2. The molecule has 176 valence electrons. The van der Waals surface area contributed by atoms with E-state index >= 15 is 0 Å². The molecule has 0 spiro atoms. The molecule has 0 saturated carbocycles. The lowest BCUT2D eigenvalue weighted by molar-refractivity contribution is -0.384. The summed E-state index contributed by atoms with van der Waals surface area (Å²) >= 11 is 1.03. The van der Waals surface area contributed by atoms with Crippen molar-refractivity contribution in [3.8, 4) is 0 Å². The van der Waals surface area contributed by atoms with Gasteiger partial charge in [-0.2, -0.15) is 0 Å². The summed E-state index contributed by atoms with van der Waals surface area (Å²) in [5, 5.41) is 12.0. The van der Waals surface area contributed by atoms with Gasteiger partial charge in [-0.15, -0.1) is 0 Å². The Labute approximate surface area is 202 Å². The smallest absolute Gasteiger partial charge is 0.297 e. The van der Waals surface area contributed by atoms with Gasteiger partial charge in [0.05, 0.1) is 32.5 Å². The van der Waals surface area contributed by atoms with Crippen molar-refractivity contribution in [2.45, 2.75) is 33.7 Å². The second-order valence-electron chi connectivity index (χ2n) is 8.50. The van der Waals surface area contributed by atoms with Crippen molar-refractivity contribution in [3.63, 3.8) is 0 Å². The Morgan fingerprint density at radius 2 is 1.86 bits per heavy atom. The number of fused-ring (bicyclic) bond motifs is 2. The van der Waals surface area contributed by atoms with Gasteiger partial charge in [0.25, 0.3) is 11.6 Å². The van der Waals surface area contributed by atoms with Crippen molar-refractivity contribution in [2.75, 3.05) is 4.90 Å². The quantitative estimate of drug-likeness (QED) is 0.224. The molecule has 0 N–H and O–H groups in total. The third-order valence-corrected chi connectivity index (χ3v) is 7.45. The minimum atomic E-state index is -1.01. The van der Waals surface area contributed by atoms with Gasteiger partial charge in [0, 0.05) is 19.1 Å². The predicted molar refractivity (Wildman–Crippen MR) is 131 cm³/mol. The number of amides is 1. The van der Waals surface area contributed by atoms with E-state index in [9.17, 15) is 24.5 Å². The number of thiazole rings is 1. The third-order valence-electron chi connectivity index (χ3n) is 6.19. The van der Waals surface area contributed by atoms with E-state index in [4.69, 9.17) is 4.42 Å². The SMILES string of the molecule is CC(=O)c1sc(N2C(=O)c3oc4cc(C)c(C)cc4c(=O)c3C2c2cccc([N+](=O)[O-])c2)nc1C. The van der Waals surface area contributed by atoms with Crippen LogP contribution < -0.4 is 10.3 Å². The second kappa shape index (κ2) is 7.95. The minimum Gasteiger partial charge on any atom is -0.450 e. The van der Waals surface area contributed by atoms with Crippen LogP contribution in [0, 0.1) is 30.9 Å². The van der Waals surface area contributed by atoms with E-state index in [2.05, 4.69) is 4.98 Å². The van der Waals surface area contributed by atoms with Crippen molar-refractivity contribution in [2.24, 2.45) is 0 Å². The molecule has 1 aliphatic rings. The molecule has 1 unspecified atom stereocenters. The van der Waals surface area contributed by atoms with Crippen LogP contribution in [0.4, 0.5) is 10.8 Å². The second-order valence-corrected chi connectivity index (χ2v) is 9.48. The fourth-order valence-corrected chi connectivity index (χ4v) is 5.35. The molecule has 9 nitrogen and oxygen atoms in total. The number of nitrogens with zero attached hydrogens (tertiary/aromatic N) is 3. The Morgan fingerprint density at radius 1 is 1.14 bits per heavy atom. The molecule has 4 aromatic rings. The molecule has 0 radical (unpaired) electrons. The number of benzene rings is 2. The normalized spacial score (nSPS) is 15.0. The van der Waals surface area contributed by atoms with Crippen LogP contribution in [0.25, 0.3) is 11.0 Å². The molecule has 2 aromatic heterocycles. The first-order valence-corrected chi connectivity index (χ1v) is 11.5. The van der Waals surface area contributed by atoms with Crippen LogP contribution in [0.2, 0.25) is 0 Å². The van der Waals surface area contributed by atoms with E-state index in [1.54, 1.807) is 25.1 Å². The van der Waals surface area contributed by atoms with Crippen molar-refractivity contribution in [1.82, 2.24) is 4.98 Å². The fraction of sp³-hybridized carbons (Fsp3) is 0.200. The largest absolute Gasteiger partial charge is 0.450 e. The average molecular weight is 490 g/mol. The molecule has 0 saturated heterocycles. The number of carbonyl (C=O) groups excluding carboxylic acids is 2. The van der Waals surface area contributed by atoms with Crippen molar-refractivity contribution in [1.29, 1.82) is 0 Å². The van der Waals surface area contributed by atoms with E-state index in [-0.39, 0.29) is 33.5 Å². The Kier molecular flexibility index (Phi) is 5.13. The molecule has 0 aliphatic carbocycles. The summed E-state index contributed by atoms with van der Waals surface area (Å²) in [6, 6.07) is 8.20. The standard InChI is InChI=1S/C25H19N3O6S/c1-11-8-17-18(9-12(11)2)34-22-19(21(17)30)20(15-6-5-7-16(10-15)28(32)33)27(24(22)31)25-26-13(3)23(35-25)14(4)29/h5-10,20H,1-4H3. The van der Waals surface area contributed by atoms with Crippen LogP contribution in [0.5, 0.6) is 0 Å². The van der Waals surface area contributed by atoms with Gasteiger partial charge in [0.15, 0.2) is 16.3 Å². The van der Waals surface area contributed by atoms with Gasteiger partial charge in [-0.05, 0) is 49.6 Å². The van der Waals surface area contributed by atoms with Crippen LogP contribution in [0.15, 0.2) is 45.6 Å². The van der Waals surface area contributed by atoms with Crippen molar-refractivity contribution in [3.05, 3.63) is 95.3 Å². The lowest BCUT2D eigenvalue weighted by Crippen LogP contribution is -2.29. The summed E-state index contributed by atoms with van der Waals surface area (Å²) in [7, 11) is 0. The third kappa shape index (κ3) is 3.45. The van der Waals surface area contributed by atoms with E-state index in [0.29, 0.717) is 21.5 Å². The molecule has 0 fully saturated rings. The maximum absolute atomic E-state index is 13.7. The highest BCUT2D eigenvalue weighted by Crippen LogP contribution is 2.43. The summed E-state index contributed by atoms with van der Waals surface area (Å²) in [5.74, 6) is -0.940. The molecule has 3 heterocycles. The number of hydrogen-bond acceptors (Lipinski definition) is 8. The van der Waals surface area contributed by atoms with Crippen molar-refractivity contribution < 1.29 is 18.9 Å². The predicted octanol–water partition coefficient (Wildman–Crippen LogP) is 5.04. The molecule has 2 aromatic carbocycles. The number of carbonyl (C=O) groups is 2. The van der Waals surface area contributed by atoms with E-state index < -0.39 is 22.3 Å².